The van der Waals surface area contributed by atoms with Crippen molar-refractivity contribution in [1.29, 1.82) is 0 Å². The van der Waals surface area contributed by atoms with Crippen LogP contribution in [0.3, 0.4) is 0 Å². The minimum Gasteiger partial charge on any atom is -0.496 e. The van der Waals surface area contributed by atoms with Crippen LogP contribution in [0.5, 0.6) is 11.5 Å². The standard InChI is InChI=1S/C27H24BrCl2N3O3/c1-16-4-5-17(2)25(10-16)36-15-20-11-18(7-9-24(20)35-3)27(34)31-26-22(28)14-33(32-26)13-19-6-8-21(29)12-23(19)30/h4-12,14H,13,15H2,1-3H3,(H,31,32,34). The summed E-state index contributed by atoms with van der Waals surface area (Å²) in [6.45, 7) is 4.69. The molecule has 0 fully saturated rings. The normalized spacial score (nSPS) is 10.8. The third-order valence-corrected chi connectivity index (χ3v) is 6.73. The monoisotopic (exact) mass is 587 g/mol. The summed E-state index contributed by atoms with van der Waals surface area (Å²) >= 11 is 15.7. The quantitative estimate of drug-likeness (QED) is 0.232. The van der Waals surface area contributed by atoms with E-state index < -0.39 is 0 Å². The second kappa shape index (κ2) is 11.4. The maximum absolute atomic E-state index is 13.1. The van der Waals surface area contributed by atoms with Gasteiger partial charge < -0.3 is 14.8 Å². The number of rotatable bonds is 8. The number of hydrogen-bond donors (Lipinski definition) is 1. The molecular formula is C27H24BrCl2N3O3. The molecule has 6 nitrogen and oxygen atoms in total. The fraction of sp³-hybridized carbons (Fsp3) is 0.185. The molecule has 4 aromatic rings. The Hall–Kier alpha value is -3.00. The van der Waals surface area contributed by atoms with Gasteiger partial charge in [-0.05, 0) is 82.9 Å². The molecule has 9 heteroatoms. The van der Waals surface area contributed by atoms with Crippen molar-refractivity contribution in [1.82, 2.24) is 9.78 Å². The fourth-order valence-corrected chi connectivity index (χ4v) is 4.50. The van der Waals surface area contributed by atoms with Crippen LogP contribution in [0.4, 0.5) is 5.82 Å². The third-order valence-electron chi connectivity index (χ3n) is 5.57. The highest BCUT2D eigenvalue weighted by molar-refractivity contribution is 9.10. The highest BCUT2D eigenvalue weighted by Gasteiger charge is 2.16. The van der Waals surface area contributed by atoms with Crippen LogP contribution in [0, 0.1) is 13.8 Å². The Bertz CT molecular complexity index is 1420. The lowest BCUT2D eigenvalue weighted by atomic mass is 10.1. The van der Waals surface area contributed by atoms with Gasteiger partial charge in [-0.25, -0.2) is 0 Å². The number of carbonyl (C=O) groups excluding carboxylic acids is 1. The van der Waals surface area contributed by atoms with Crippen molar-refractivity contribution >= 4 is 50.9 Å². The second-order valence-electron chi connectivity index (χ2n) is 8.30. The molecule has 0 radical (unpaired) electrons. The smallest absolute Gasteiger partial charge is 0.256 e. The van der Waals surface area contributed by atoms with Crippen molar-refractivity contribution in [2.75, 3.05) is 12.4 Å². The number of hydrogen-bond acceptors (Lipinski definition) is 4. The summed E-state index contributed by atoms with van der Waals surface area (Å²) in [6, 6.07) is 16.6. The first-order valence-corrected chi connectivity index (χ1v) is 12.6. The molecular weight excluding hydrogens is 565 g/mol. The zero-order chi connectivity index (χ0) is 25.8. The Morgan fingerprint density at radius 1 is 1.03 bits per heavy atom. The second-order valence-corrected chi connectivity index (χ2v) is 10.00. The van der Waals surface area contributed by atoms with Gasteiger partial charge in [-0.2, -0.15) is 5.10 Å². The Balaban J connectivity index is 1.49. The van der Waals surface area contributed by atoms with E-state index in [1.165, 1.54) is 0 Å². The van der Waals surface area contributed by atoms with Gasteiger partial charge in [0.05, 0.1) is 18.1 Å². The molecule has 0 atom stereocenters. The molecule has 0 unspecified atom stereocenters. The summed E-state index contributed by atoms with van der Waals surface area (Å²) in [6.07, 6.45) is 1.78. The number of carbonyl (C=O) groups is 1. The van der Waals surface area contributed by atoms with Gasteiger partial charge in [0.2, 0.25) is 0 Å². The van der Waals surface area contributed by atoms with Crippen molar-refractivity contribution in [3.8, 4) is 11.5 Å². The van der Waals surface area contributed by atoms with Crippen LogP contribution in [-0.4, -0.2) is 22.8 Å². The number of aryl methyl sites for hydroxylation is 2. The van der Waals surface area contributed by atoms with Gasteiger partial charge in [-0.15, -0.1) is 0 Å². The Labute approximate surface area is 228 Å². The largest absolute Gasteiger partial charge is 0.496 e. The lowest BCUT2D eigenvalue weighted by Crippen LogP contribution is -2.14. The lowest BCUT2D eigenvalue weighted by molar-refractivity contribution is 0.102. The number of nitrogens with zero attached hydrogens (tertiary/aromatic N) is 2. The molecule has 0 saturated carbocycles. The van der Waals surface area contributed by atoms with Gasteiger partial charge >= 0.3 is 0 Å². The highest BCUT2D eigenvalue weighted by atomic mass is 79.9. The molecule has 1 aromatic heterocycles. The minimum atomic E-state index is -0.305. The number of halogens is 3. The molecule has 1 N–H and O–H groups in total. The van der Waals surface area contributed by atoms with Crippen LogP contribution in [0.2, 0.25) is 10.0 Å². The van der Waals surface area contributed by atoms with E-state index in [1.54, 1.807) is 48.3 Å². The predicted molar refractivity (Wildman–Crippen MR) is 147 cm³/mol. The van der Waals surface area contributed by atoms with E-state index in [-0.39, 0.29) is 12.5 Å². The van der Waals surface area contributed by atoms with Crippen LogP contribution < -0.4 is 14.8 Å². The molecule has 0 aliphatic heterocycles. The van der Waals surface area contributed by atoms with Gasteiger partial charge in [0.1, 0.15) is 18.1 Å². The summed E-state index contributed by atoms with van der Waals surface area (Å²) in [7, 11) is 1.59. The first-order valence-electron chi connectivity index (χ1n) is 11.1. The van der Waals surface area contributed by atoms with Crippen LogP contribution >= 0.6 is 39.1 Å². The molecule has 0 aliphatic carbocycles. The van der Waals surface area contributed by atoms with Crippen molar-refractivity contribution < 1.29 is 14.3 Å². The number of ether oxygens (including phenoxy) is 2. The average molecular weight is 589 g/mol. The molecule has 4 rings (SSSR count). The lowest BCUT2D eigenvalue weighted by Gasteiger charge is -2.14. The molecule has 1 heterocycles. The van der Waals surface area contributed by atoms with E-state index in [1.807, 2.05) is 38.1 Å². The fourth-order valence-electron chi connectivity index (χ4n) is 3.62. The summed E-state index contributed by atoms with van der Waals surface area (Å²) in [5.41, 5.74) is 4.22. The summed E-state index contributed by atoms with van der Waals surface area (Å²) < 4.78 is 13.9. The number of nitrogens with one attached hydrogen (secondary N) is 1. The Morgan fingerprint density at radius 2 is 1.83 bits per heavy atom. The maximum atomic E-state index is 13.1. The van der Waals surface area contributed by atoms with Crippen LogP contribution in [0.15, 0.2) is 65.3 Å². The van der Waals surface area contributed by atoms with E-state index in [2.05, 4.69) is 26.3 Å². The Kier molecular flexibility index (Phi) is 8.24. The van der Waals surface area contributed by atoms with E-state index in [9.17, 15) is 4.79 Å². The van der Waals surface area contributed by atoms with Crippen molar-refractivity contribution in [2.24, 2.45) is 0 Å². The van der Waals surface area contributed by atoms with Crippen LogP contribution in [0.25, 0.3) is 0 Å². The minimum absolute atomic E-state index is 0.259. The number of aromatic nitrogens is 2. The molecule has 0 saturated heterocycles. The molecule has 0 spiro atoms. The van der Waals surface area contributed by atoms with E-state index in [4.69, 9.17) is 32.7 Å². The average Bonchev–Trinajstić information content (AvgIpc) is 3.19. The number of amides is 1. The highest BCUT2D eigenvalue weighted by Crippen LogP contribution is 2.27. The van der Waals surface area contributed by atoms with Crippen molar-refractivity contribution in [3.63, 3.8) is 0 Å². The molecule has 0 aliphatic rings. The zero-order valence-corrected chi connectivity index (χ0v) is 23.0. The molecule has 186 valence electrons. The van der Waals surface area contributed by atoms with Crippen molar-refractivity contribution in [3.05, 3.63) is 103 Å². The number of benzene rings is 3. The zero-order valence-electron chi connectivity index (χ0n) is 19.9. The van der Waals surface area contributed by atoms with Crippen LogP contribution in [0.1, 0.15) is 32.6 Å². The molecule has 1 amide bonds. The first kappa shape index (κ1) is 26.1. The molecule has 0 bridgehead atoms. The van der Waals surface area contributed by atoms with E-state index in [0.717, 1.165) is 28.0 Å². The summed E-state index contributed by atoms with van der Waals surface area (Å²) in [5, 5.41) is 8.45. The Morgan fingerprint density at radius 3 is 2.58 bits per heavy atom. The summed E-state index contributed by atoms with van der Waals surface area (Å²) in [4.78, 5) is 13.1. The topological polar surface area (TPSA) is 65.4 Å². The number of anilines is 1. The van der Waals surface area contributed by atoms with Crippen LogP contribution in [-0.2, 0) is 13.2 Å². The van der Waals surface area contributed by atoms with Gasteiger partial charge in [-0.1, -0.05) is 41.4 Å². The van der Waals surface area contributed by atoms with Gasteiger partial charge in [-0.3, -0.25) is 9.48 Å². The van der Waals surface area contributed by atoms with Gasteiger partial charge in [0.15, 0.2) is 5.82 Å². The van der Waals surface area contributed by atoms with E-state index in [0.29, 0.717) is 38.2 Å². The predicted octanol–water partition coefficient (Wildman–Crippen LogP) is 7.46. The van der Waals surface area contributed by atoms with Crippen molar-refractivity contribution in [2.45, 2.75) is 27.0 Å². The first-order chi connectivity index (χ1) is 17.2. The summed E-state index contributed by atoms with van der Waals surface area (Å²) in [5.74, 6) is 1.53. The number of methoxy groups -OCH3 is 1. The third kappa shape index (κ3) is 6.22. The van der Waals surface area contributed by atoms with Gasteiger partial charge in [0, 0.05) is 27.4 Å². The van der Waals surface area contributed by atoms with E-state index >= 15 is 0 Å². The molecule has 36 heavy (non-hydrogen) atoms. The van der Waals surface area contributed by atoms with Gasteiger partial charge in [0.25, 0.3) is 5.91 Å². The molecule has 3 aromatic carbocycles. The SMILES string of the molecule is COc1ccc(C(=O)Nc2nn(Cc3ccc(Cl)cc3Cl)cc2Br)cc1COc1cc(C)ccc1C. The maximum Gasteiger partial charge on any atom is 0.256 e.